The molecular formula is C11H25NO2. The van der Waals surface area contributed by atoms with Crippen molar-refractivity contribution in [1.29, 1.82) is 0 Å². The highest BCUT2D eigenvalue weighted by atomic mass is 16.3. The van der Waals surface area contributed by atoms with Gasteiger partial charge in [0.1, 0.15) is 0 Å². The molecule has 3 nitrogen and oxygen atoms in total. The Balaban J connectivity index is 3.92. The predicted octanol–water partition coefficient (Wildman–Crippen LogP) is 1.15. The maximum atomic E-state index is 9.20. The quantitative estimate of drug-likeness (QED) is 0.554. The molecule has 0 saturated heterocycles. The Morgan fingerprint density at radius 1 is 1.21 bits per heavy atom. The Morgan fingerprint density at radius 3 is 2.14 bits per heavy atom. The van der Waals surface area contributed by atoms with Crippen LogP contribution in [-0.4, -0.2) is 35.5 Å². The zero-order valence-electron chi connectivity index (χ0n) is 9.71. The van der Waals surface area contributed by atoms with Gasteiger partial charge in [0.25, 0.3) is 0 Å². The number of aliphatic hydroxyl groups is 2. The van der Waals surface area contributed by atoms with Crippen molar-refractivity contribution in [3.63, 3.8) is 0 Å². The van der Waals surface area contributed by atoms with Crippen LogP contribution in [0.3, 0.4) is 0 Å². The van der Waals surface area contributed by atoms with Crippen molar-refractivity contribution in [2.24, 2.45) is 5.92 Å². The summed E-state index contributed by atoms with van der Waals surface area (Å²) in [6.07, 6.45) is 3.11. The van der Waals surface area contributed by atoms with Crippen LogP contribution in [0.2, 0.25) is 0 Å². The lowest BCUT2D eigenvalue weighted by atomic mass is 9.96. The molecule has 14 heavy (non-hydrogen) atoms. The van der Waals surface area contributed by atoms with Crippen molar-refractivity contribution in [3.8, 4) is 0 Å². The SMILES string of the molecule is CCCC(C)CNC(CC)(CO)CO. The highest BCUT2D eigenvalue weighted by molar-refractivity contribution is 4.85. The number of nitrogens with one attached hydrogen (secondary N) is 1. The smallest absolute Gasteiger partial charge is 0.0645 e. The summed E-state index contributed by atoms with van der Waals surface area (Å²) in [5, 5.41) is 21.7. The molecule has 86 valence electrons. The van der Waals surface area contributed by atoms with E-state index in [4.69, 9.17) is 0 Å². The minimum atomic E-state index is -0.484. The van der Waals surface area contributed by atoms with Crippen LogP contribution in [0.4, 0.5) is 0 Å². The maximum absolute atomic E-state index is 9.20. The lowest BCUT2D eigenvalue weighted by Crippen LogP contribution is -2.52. The molecule has 0 aromatic rings. The monoisotopic (exact) mass is 203 g/mol. The van der Waals surface area contributed by atoms with E-state index in [1.54, 1.807) is 0 Å². The second-order valence-corrected chi connectivity index (χ2v) is 4.22. The number of hydrogen-bond donors (Lipinski definition) is 3. The molecule has 0 bridgehead atoms. The van der Waals surface area contributed by atoms with Crippen LogP contribution in [0.15, 0.2) is 0 Å². The zero-order chi connectivity index (χ0) is 11.0. The Morgan fingerprint density at radius 2 is 1.79 bits per heavy atom. The standard InChI is InChI=1S/C11H25NO2/c1-4-6-10(3)7-12-11(5-2,8-13)9-14/h10,12-14H,4-9H2,1-3H3. The van der Waals surface area contributed by atoms with Crippen LogP contribution in [-0.2, 0) is 0 Å². The molecule has 0 amide bonds. The van der Waals surface area contributed by atoms with Crippen molar-refractivity contribution < 1.29 is 10.2 Å². The van der Waals surface area contributed by atoms with Crippen molar-refractivity contribution in [2.45, 2.75) is 45.6 Å². The van der Waals surface area contributed by atoms with Gasteiger partial charge in [-0.25, -0.2) is 0 Å². The maximum Gasteiger partial charge on any atom is 0.0645 e. The molecule has 0 radical (unpaired) electrons. The summed E-state index contributed by atoms with van der Waals surface area (Å²) in [5.41, 5.74) is -0.484. The molecule has 0 aliphatic carbocycles. The molecule has 1 atom stereocenters. The van der Waals surface area contributed by atoms with Crippen LogP contribution >= 0.6 is 0 Å². The predicted molar refractivity (Wildman–Crippen MR) is 59.3 cm³/mol. The number of rotatable bonds is 8. The van der Waals surface area contributed by atoms with Gasteiger partial charge in [-0.15, -0.1) is 0 Å². The van der Waals surface area contributed by atoms with Gasteiger partial charge in [0, 0.05) is 0 Å². The first-order valence-electron chi connectivity index (χ1n) is 5.60. The van der Waals surface area contributed by atoms with Crippen molar-refractivity contribution in [3.05, 3.63) is 0 Å². The molecular weight excluding hydrogens is 178 g/mol. The fourth-order valence-electron chi connectivity index (χ4n) is 1.50. The zero-order valence-corrected chi connectivity index (χ0v) is 9.71. The Bertz CT molecular complexity index is 127. The molecule has 0 saturated carbocycles. The third kappa shape index (κ3) is 4.40. The van der Waals surface area contributed by atoms with E-state index in [1.807, 2.05) is 6.92 Å². The summed E-state index contributed by atoms with van der Waals surface area (Å²) in [7, 11) is 0. The Kier molecular flexibility index (Phi) is 7.15. The summed E-state index contributed by atoms with van der Waals surface area (Å²) in [4.78, 5) is 0. The molecule has 0 aromatic heterocycles. The van der Waals surface area contributed by atoms with Crippen LogP contribution in [0.1, 0.15) is 40.0 Å². The second kappa shape index (κ2) is 7.21. The van der Waals surface area contributed by atoms with E-state index in [0.717, 1.165) is 13.0 Å². The topological polar surface area (TPSA) is 52.5 Å². The van der Waals surface area contributed by atoms with E-state index in [2.05, 4.69) is 19.2 Å². The summed E-state index contributed by atoms with van der Waals surface area (Å²) in [6, 6.07) is 0. The van der Waals surface area contributed by atoms with E-state index >= 15 is 0 Å². The van der Waals surface area contributed by atoms with Gasteiger partial charge in [-0.1, -0.05) is 27.2 Å². The third-order valence-corrected chi connectivity index (χ3v) is 2.89. The lowest BCUT2D eigenvalue weighted by Gasteiger charge is -2.31. The number of aliphatic hydroxyl groups excluding tert-OH is 2. The minimum absolute atomic E-state index is 0.00115. The van der Waals surface area contributed by atoms with Crippen LogP contribution in [0.25, 0.3) is 0 Å². The molecule has 3 heteroatoms. The minimum Gasteiger partial charge on any atom is -0.394 e. The Hall–Kier alpha value is -0.120. The average Bonchev–Trinajstić information content (AvgIpc) is 2.21. The second-order valence-electron chi connectivity index (χ2n) is 4.22. The molecule has 0 aromatic carbocycles. The van der Waals surface area contributed by atoms with Gasteiger partial charge in [0.05, 0.1) is 18.8 Å². The summed E-state index contributed by atoms with van der Waals surface area (Å²) in [5.74, 6) is 0.601. The summed E-state index contributed by atoms with van der Waals surface area (Å²) in [6.45, 7) is 7.19. The normalized spacial score (nSPS) is 14.4. The summed E-state index contributed by atoms with van der Waals surface area (Å²) < 4.78 is 0. The average molecular weight is 203 g/mol. The van der Waals surface area contributed by atoms with Gasteiger partial charge in [-0.3, -0.25) is 0 Å². The van der Waals surface area contributed by atoms with Crippen molar-refractivity contribution in [2.75, 3.05) is 19.8 Å². The molecule has 0 rings (SSSR count). The molecule has 0 heterocycles. The van der Waals surface area contributed by atoms with E-state index in [1.165, 1.54) is 12.8 Å². The lowest BCUT2D eigenvalue weighted by molar-refractivity contribution is 0.0844. The van der Waals surface area contributed by atoms with E-state index < -0.39 is 5.54 Å². The summed E-state index contributed by atoms with van der Waals surface area (Å²) >= 11 is 0. The molecule has 3 N–H and O–H groups in total. The first kappa shape index (κ1) is 13.9. The van der Waals surface area contributed by atoms with Gasteiger partial charge >= 0.3 is 0 Å². The largest absolute Gasteiger partial charge is 0.394 e. The van der Waals surface area contributed by atoms with E-state index in [-0.39, 0.29) is 13.2 Å². The molecule has 1 unspecified atom stereocenters. The first-order valence-corrected chi connectivity index (χ1v) is 5.60. The van der Waals surface area contributed by atoms with Crippen molar-refractivity contribution >= 4 is 0 Å². The van der Waals surface area contributed by atoms with Gasteiger partial charge in [0.2, 0.25) is 0 Å². The van der Waals surface area contributed by atoms with Gasteiger partial charge < -0.3 is 15.5 Å². The van der Waals surface area contributed by atoms with Crippen LogP contribution < -0.4 is 5.32 Å². The highest BCUT2D eigenvalue weighted by Gasteiger charge is 2.25. The fourth-order valence-corrected chi connectivity index (χ4v) is 1.50. The molecule has 0 spiro atoms. The third-order valence-electron chi connectivity index (χ3n) is 2.89. The van der Waals surface area contributed by atoms with Crippen LogP contribution in [0.5, 0.6) is 0 Å². The Labute approximate surface area is 87.5 Å². The molecule has 0 fully saturated rings. The van der Waals surface area contributed by atoms with Gasteiger partial charge in [-0.05, 0) is 25.3 Å². The fraction of sp³-hybridized carbons (Fsp3) is 1.00. The van der Waals surface area contributed by atoms with Gasteiger partial charge in [-0.2, -0.15) is 0 Å². The molecule has 0 aliphatic heterocycles. The van der Waals surface area contributed by atoms with Crippen LogP contribution in [0, 0.1) is 5.92 Å². The molecule has 0 aliphatic rings. The number of hydrogen-bond acceptors (Lipinski definition) is 3. The van der Waals surface area contributed by atoms with Crippen molar-refractivity contribution in [1.82, 2.24) is 5.32 Å². The highest BCUT2D eigenvalue weighted by Crippen LogP contribution is 2.11. The van der Waals surface area contributed by atoms with E-state index in [0.29, 0.717) is 5.92 Å². The van der Waals surface area contributed by atoms with Gasteiger partial charge in [0.15, 0.2) is 0 Å². The van der Waals surface area contributed by atoms with E-state index in [9.17, 15) is 10.2 Å². The first-order chi connectivity index (χ1) is 6.64.